The Morgan fingerprint density at radius 1 is 1.40 bits per heavy atom. The highest BCUT2D eigenvalue weighted by Gasteiger charge is 2.29. The molecule has 1 atom stereocenters. The molecule has 1 aromatic carbocycles. The minimum Gasteiger partial charge on any atom is -0.497 e. The van der Waals surface area contributed by atoms with Gasteiger partial charge in [0.05, 0.1) is 13.2 Å². The summed E-state index contributed by atoms with van der Waals surface area (Å²) in [6, 6.07) is 8.44. The third-order valence-corrected chi connectivity index (χ3v) is 4.53. The molecular weight excluding hydrogens is 274 g/mol. The second kappa shape index (κ2) is 5.80. The van der Waals surface area contributed by atoms with Crippen LogP contribution in [0.25, 0.3) is 0 Å². The Kier molecular flexibility index (Phi) is 3.88. The lowest BCUT2D eigenvalue weighted by Crippen LogP contribution is -2.11. The smallest absolute Gasteiger partial charge is 0.210 e. The van der Waals surface area contributed by atoms with Gasteiger partial charge in [0.25, 0.3) is 0 Å². The lowest BCUT2D eigenvalue weighted by atomic mass is 10.1. The Morgan fingerprint density at radius 2 is 2.15 bits per heavy atom. The maximum absolute atomic E-state index is 5.90. The summed E-state index contributed by atoms with van der Waals surface area (Å²) in [5.74, 6) is 0.845. The molecule has 0 bridgehead atoms. The Bertz CT molecular complexity index is 566. The van der Waals surface area contributed by atoms with Crippen LogP contribution in [0.1, 0.15) is 29.7 Å². The molecule has 2 N–H and O–H groups in total. The van der Waals surface area contributed by atoms with E-state index in [1.54, 1.807) is 18.9 Å². The molecule has 106 valence electrons. The number of ether oxygens (including phenoxy) is 1. The quantitative estimate of drug-likeness (QED) is 0.818. The molecule has 1 aromatic heterocycles. The van der Waals surface area contributed by atoms with Crippen molar-refractivity contribution in [2.24, 2.45) is 5.73 Å². The summed E-state index contributed by atoms with van der Waals surface area (Å²) < 4.78 is 7.09. The first-order chi connectivity index (χ1) is 9.81. The van der Waals surface area contributed by atoms with Crippen LogP contribution in [-0.2, 0) is 0 Å². The van der Waals surface area contributed by atoms with Gasteiger partial charge in [-0.05, 0) is 41.0 Å². The van der Waals surface area contributed by atoms with Gasteiger partial charge in [-0.3, -0.25) is 0 Å². The summed E-state index contributed by atoms with van der Waals surface area (Å²) in [5.41, 5.74) is 7.06. The normalized spacial score (nSPS) is 16.1. The zero-order valence-corrected chi connectivity index (χ0v) is 12.1. The first-order valence-corrected chi connectivity index (χ1v) is 7.48. The molecule has 0 amide bonds. The van der Waals surface area contributed by atoms with Gasteiger partial charge in [-0.25, -0.2) is 4.68 Å². The fraction of sp³-hybridized carbons (Fsp3) is 0.462. The van der Waals surface area contributed by atoms with Gasteiger partial charge in [-0.1, -0.05) is 23.9 Å². The van der Waals surface area contributed by atoms with Gasteiger partial charge < -0.3 is 10.5 Å². The van der Waals surface area contributed by atoms with Gasteiger partial charge in [0, 0.05) is 11.8 Å². The molecule has 2 aromatic rings. The number of nitrogens with zero attached hydrogens (tertiary/aromatic N) is 4. The number of methoxy groups -OCH3 is 1. The van der Waals surface area contributed by atoms with Crippen LogP contribution >= 0.6 is 11.8 Å². The minimum atomic E-state index is 0.143. The van der Waals surface area contributed by atoms with Crippen molar-refractivity contribution < 1.29 is 4.74 Å². The number of thioether (sulfide) groups is 1. The van der Waals surface area contributed by atoms with Gasteiger partial charge in [-0.15, -0.1) is 5.10 Å². The molecule has 7 heteroatoms. The maximum Gasteiger partial charge on any atom is 0.210 e. The van der Waals surface area contributed by atoms with Crippen molar-refractivity contribution in [2.45, 2.75) is 29.3 Å². The van der Waals surface area contributed by atoms with E-state index in [4.69, 9.17) is 10.5 Å². The van der Waals surface area contributed by atoms with Crippen LogP contribution in [0.15, 0.2) is 29.4 Å². The number of aromatic nitrogens is 4. The van der Waals surface area contributed by atoms with Gasteiger partial charge >= 0.3 is 0 Å². The number of rotatable bonds is 6. The Hall–Kier alpha value is -1.60. The highest BCUT2D eigenvalue weighted by atomic mass is 32.2. The van der Waals surface area contributed by atoms with Crippen LogP contribution in [0.2, 0.25) is 0 Å². The molecule has 1 unspecified atom stereocenters. The Labute approximate surface area is 121 Å². The average molecular weight is 291 g/mol. The van der Waals surface area contributed by atoms with E-state index in [0.29, 0.717) is 12.6 Å². The van der Waals surface area contributed by atoms with Crippen molar-refractivity contribution in [1.29, 1.82) is 0 Å². The van der Waals surface area contributed by atoms with Crippen molar-refractivity contribution in [2.75, 3.05) is 13.7 Å². The van der Waals surface area contributed by atoms with E-state index in [1.165, 1.54) is 0 Å². The molecule has 1 aliphatic carbocycles. The number of benzene rings is 1. The van der Waals surface area contributed by atoms with Crippen LogP contribution in [-0.4, -0.2) is 33.9 Å². The Balaban J connectivity index is 1.76. The summed E-state index contributed by atoms with van der Waals surface area (Å²) in [7, 11) is 1.66. The first-order valence-electron chi connectivity index (χ1n) is 6.60. The van der Waals surface area contributed by atoms with Gasteiger partial charge in [0.2, 0.25) is 5.16 Å². The van der Waals surface area contributed by atoms with E-state index < -0.39 is 0 Å². The van der Waals surface area contributed by atoms with Crippen molar-refractivity contribution in [3.05, 3.63) is 29.8 Å². The summed E-state index contributed by atoms with van der Waals surface area (Å²) in [4.78, 5) is 0. The number of hydrogen-bond donors (Lipinski definition) is 1. The predicted octanol–water partition coefficient (Wildman–Crippen LogP) is 1.81. The number of nitrogens with two attached hydrogens (primary N) is 1. The molecule has 1 fully saturated rings. The van der Waals surface area contributed by atoms with Crippen LogP contribution in [0, 0.1) is 0 Å². The average Bonchev–Trinajstić information content (AvgIpc) is 3.24. The van der Waals surface area contributed by atoms with E-state index >= 15 is 0 Å². The van der Waals surface area contributed by atoms with Crippen LogP contribution in [0.4, 0.5) is 0 Å². The monoisotopic (exact) mass is 291 g/mol. The van der Waals surface area contributed by atoms with E-state index in [2.05, 4.69) is 15.5 Å². The van der Waals surface area contributed by atoms with E-state index in [0.717, 1.165) is 29.3 Å². The second-order valence-electron chi connectivity index (χ2n) is 4.75. The molecule has 3 rings (SSSR count). The largest absolute Gasteiger partial charge is 0.497 e. The fourth-order valence-corrected chi connectivity index (χ4v) is 3.03. The van der Waals surface area contributed by atoms with Crippen LogP contribution in [0.3, 0.4) is 0 Å². The maximum atomic E-state index is 5.90. The number of tetrazole rings is 1. The summed E-state index contributed by atoms with van der Waals surface area (Å²) in [6.07, 6.45) is 2.32. The lowest BCUT2D eigenvalue weighted by Gasteiger charge is -2.14. The Morgan fingerprint density at radius 3 is 2.75 bits per heavy atom. The van der Waals surface area contributed by atoms with Crippen molar-refractivity contribution in [3.8, 4) is 5.75 Å². The molecule has 1 aliphatic rings. The highest BCUT2D eigenvalue weighted by Crippen LogP contribution is 2.40. The summed E-state index contributed by atoms with van der Waals surface area (Å²) in [5, 5.41) is 12.9. The molecule has 0 spiro atoms. The van der Waals surface area contributed by atoms with Gasteiger partial charge in [-0.2, -0.15) is 0 Å². The van der Waals surface area contributed by atoms with Gasteiger partial charge in [0.1, 0.15) is 5.75 Å². The summed E-state index contributed by atoms with van der Waals surface area (Å²) in [6.45, 7) is 0.536. The van der Waals surface area contributed by atoms with Crippen LogP contribution in [0.5, 0.6) is 5.75 Å². The first kappa shape index (κ1) is 13.4. The molecular formula is C13H17N5OS. The topological polar surface area (TPSA) is 78.8 Å². The molecule has 6 nitrogen and oxygen atoms in total. The fourth-order valence-electron chi connectivity index (χ4n) is 2.01. The molecule has 1 heterocycles. The second-order valence-corrected chi connectivity index (χ2v) is 5.92. The van der Waals surface area contributed by atoms with Crippen LogP contribution < -0.4 is 10.5 Å². The molecule has 0 aliphatic heterocycles. The van der Waals surface area contributed by atoms with Gasteiger partial charge in [0.15, 0.2) is 0 Å². The van der Waals surface area contributed by atoms with E-state index in [1.807, 2.05) is 28.9 Å². The number of hydrogen-bond acceptors (Lipinski definition) is 6. The van der Waals surface area contributed by atoms with Crippen molar-refractivity contribution >= 4 is 11.8 Å². The van der Waals surface area contributed by atoms with Crippen molar-refractivity contribution in [3.63, 3.8) is 0 Å². The standard InChI is InChI=1S/C13H17N5OS/c1-19-11-6-2-9(3-7-11)12(8-14)20-13-15-16-17-18(13)10-4-5-10/h2-3,6-7,10,12H,4-5,8,14H2,1H3. The summed E-state index contributed by atoms with van der Waals surface area (Å²) >= 11 is 1.62. The van der Waals surface area contributed by atoms with Crippen molar-refractivity contribution in [1.82, 2.24) is 20.2 Å². The third-order valence-electron chi connectivity index (χ3n) is 3.30. The molecule has 20 heavy (non-hydrogen) atoms. The zero-order chi connectivity index (χ0) is 13.9. The lowest BCUT2D eigenvalue weighted by molar-refractivity contribution is 0.414. The SMILES string of the molecule is COc1ccc(C(CN)Sc2nnnn2C2CC2)cc1. The van der Waals surface area contributed by atoms with E-state index in [9.17, 15) is 0 Å². The molecule has 1 saturated carbocycles. The predicted molar refractivity (Wildman–Crippen MR) is 76.7 cm³/mol. The minimum absolute atomic E-state index is 0.143. The third kappa shape index (κ3) is 2.78. The van der Waals surface area contributed by atoms with E-state index in [-0.39, 0.29) is 5.25 Å². The molecule has 0 radical (unpaired) electrons. The zero-order valence-electron chi connectivity index (χ0n) is 11.3. The highest BCUT2D eigenvalue weighted by molar-refractivity contribution is 7.99. The molecule has 0 saturated heterocycles.